The van der Waals surface area contributed by atoms with E-state index >= 15 is 0 Å². The number of nitrogens with one attached hydrogen (secondary N) is 1. The molecule has 1 saturated heterocycles. The molecule has 0 unspecified atom stereocenters. The second kappa shape index (κ2) is 6.55. The Labute approximate surface area is 120 Å². The molecule has 0 atom stereocenters. The topological polar surface area (TPSA) is 31.4 Å². The molecule has 4 nitrogen and oxygen atoms in total. The molecule has 0 radical (unpaired) electrons. The average molecular weight is 283 g/mol. The number of aromatic nitrogens is 1. The van der Waals surface area contributed by atoms with E-state index in [1.54, 1.807) is 0 Å². The number of nitrogens with zero attached hydrogens (tertiary/aromatic N) is 3. The first-order valence-corrected chi connectivity index (χ1v) is 7.20. The van der Waals surface area contributed by atoms with Gasteiger partial charge in [0.25, 0.3) is 0 Å². The highest BCUT2D eigenvalue weighted by Gasteiger charge is 2.21. The maximum Gasteiger partial charge on any atom is 0.126 e. The molecule has 2 rings (SSSR count). The first kappa shape index (κ1) is 14.6. The molecule has 2 heterocycles. The summed E-state index contributed by atoms with van der Waals surface area (Å²) in [5.41, 5.74) is 0.969. The molecule has 0 bridgehead atoms. The summed E-state index contributed by atoms with van der Waals surface area (Å²) < 4.78 is 0. The molecule has 0 amide bonds. The number of likely N-dealkylation sites (tertiary alicyclic amines) is 1. The minimum atomic E-state index is 0.711. The number of anilines is 1. The van der Waals surface area contributed by atoms with E-state index in [4.69, 9.17) is 11.6 Å². The minimum absolute atomic E-state index is 0.711. The minimum Gasteiger partial charge on any atom is -0.373 e. The highest BCUT2D eigenvalue weighted by Crippen LogP contribution is 2.21. The van der Waals surface area contributed by atoms with E-state index < -0.39 is 0 Å². The molecule has 19 heavy (non-hydrogen) atoms. The lowest BCUT2D eigenvalue weighted by Gasteiger charge is -2.35. The molecular formula is C14H23ClN4. The molecule has 1 aliphatic heterocycles. The predicted molar refractivity (Wildman–Crippen MR) is 80.8 cm³/mol. The zero-order valence-electron chi connectivity index (χ0n) is 12.0. The molecule has 5 heteroatoms. The molecule has 1 aliphatic rings. The van der Waals surface area contributed by atoms with Crippen molar-refractivity contribution >= 4 is 17.4 Å². The van der Waals surface area contributed by atoms with Crippen molar-refractivity contribution in [2.45, 2.75) is 25.4 Å². The number of rotatable bonds is 4. The van der Waals surface area contributed by atoms with Crippen LogP contribution >= 0.6 is 11.6 Å². The van der Waals surface area contributed by atoms with Crippen molar-refractivity contribution in [3.63, 3.8) is 0 Å². The highest BCUT2D eigenvalue weighted by atomic mass is 35.5. The van der Waals surface area contributed by atoms with Gasteiger partial charge in [-0.1, -0.05) is 11.6 Å². The van der Waals surface area contributed by atoms with Crippen LogP contribution in [0.5, 0.6) is 0 Å². The highest BCUT2D eigenvalue weighted by molar-refractivity contribution is 6.31. The third-order valence-electron chi connectivity index (χ3n) is 3.84. The van der Waals surface area contributed by atoms with Gasteiger partial charge in [-0.15, -0.1) is 0 Å². The molecule has 1 fully saturated rings. The Hall–Kier alpha value is -0.840. The Kier molecular flexibility index (Phi) is 5.02. The fraction of sp³-hybridized carbons (Fsp3) is 0.643. The second-order valence-corrected chi connectivity index (χ2v) is 5.75. The Balaban J connectivity index is 1.95. The van der Waals surface area contributed by atoms with Crippen LogP contribution in [0.3, 0.4) is 0 Å². The summed E-state index contributed by atoms with van der Waals surface area (Å²) in [5, 5.41) is 3.82. The van der Waals surface area contributed by atoms with Gasteiger partial charge in [0, 0.05) is 32.7 Å². The number of hydrogen-bond acceptors (Lipinski definition) is 4. The van der Waals surface area contributed by atoms with E-state index in [9.17, 15) is 0 Å². The maximum atomic E-state index is 6.23. The standard InChI is InChI=1S/C14H23ClN4/c1-16-14-5-4-12(15)13(17-14)10-19-8-6-11(7-9-19)18(2)3/h4-5,11H,6-10H2,1-3H3,(H,16,17). The van der Waals surface area contributed by atoms with Crippen molar-refractivity contribution in [3.8, 4) is 0 Å². The summed E-state index contributed by atoms with van der Waals surface area (Å²) in [6.07, 6.45) is 2.44. The molecular weight excluding hydrogens is 260 g/mol. The van der Waals surface area contributed by atoms with Crippen molar-refractivity contribution < 1.29 is 0 Å². The average Bonchev–Trinajstić information content (AvgIpc) is 2.42. The molecule has 1 aromatic rings. The van der Waals surface area contributed by atoms with Crippen molar-refractivity contribution in [1.29, 1.82) is 0 Å². The molecule has 0 spiro atoms. The quantitative estimate of drug-likeness (QED) is 0.918. The zero-order chi connectivity index (χ0) is 13.8. The Bertz CT molecular complexity index is 414. The fourth-order valence-corrected chi connectivity index (χ4v) is 2.71. The van der Waals surface area contributed by atoms with Crippen LogP contribution in [0.2, 0.25) is 5.02 Å². The molecule has 1 N–H and O–H groups in total. The van der Waals surface area contributed by atoms with Crippen LogP contribution in [0.15, 0.2) is 12.1 Å². The van der Waals surface area contributed by atoms with Gasteiger partial charge in [0.1, 0.15) is 5.82 Å². The van der Waals surface area contributed by atoms with Gasteiger partial charge < -0.3 is 10.2 Å². The lowest BCUT2D eigenvalue weighted by molar-refractivity contribution is 0.139. The van der Waals surface area contributed by atoms with E-state index in [-0.39, 0.29) is 0 Å². The molecule has 0 aliphatic carbocycles. The van der Waals surface area contributed by atoms with Gasteiger partial charge in [-0.25, -0.2) is 4.98 Å². The van der Waals surface area contributed by atoms with E-state index in [1.165, 1.54) is 12.8 Å². The summed E-state index contributed by atoms with van der Waals surface area (Å²) >= 11 is 6.23. The zero-order valence-corrected chi connectivity index (χ0v) is 12.7. The van der Waals surface area contributed by atoms with Crippen LogP contribution in [-0.4, -0.2) is 55.1 Å². The number of hydrogen-bond donors (Lipinski definition) is 1. The van der Waals surface area contributed by atoms with Crippen LogP contribution in [-0.2, 0) is 6.54 Å². The lowest BCUT2D eigenvalue weighted by Crippen LogP contribution is -2.41. The summed E-state index contributed by atoms with van der Waals surface area (Å²) in [6.45, 7) is 3.07. The Morgan fingerprint density at radius 2 is 2.05 bits per heavy atom. The van der Waals surface area contributed by atoms with Crippen LogP contribution < -0.4 is 5.32 Å². The van der Waals surface area contributed by atoms with E-state index in [0.717, 1.165) is 36.2 Å². The predicted octanol–water partition coefficient (Wildman–Crippen LogP) is 2.30. The third-order valence-corrected chi connectivity index (χ3v) is 4.18. The molecule has 1 aromatic heterocycles. The van der Waals surface area contributed by atoms with Crippen molar-refractivity contribution in [3.05, 3.63) is 22.8 Å². The van der Waals surface area contributed by atoms with Crippen LogP contribution in [0.4, 0.5) is 5.82 Å². The van der Waals surface area contributed by atoms with Gasteiger partial charge in [0.05, 0.1) is 10.7 Å². The van der Waals surface area contributed by atoms with Gasteiger partial charge in [0.15, 0.2) is 0 Å². The van der Waals surface area contributed by atoms with Gasteiger partial charge in [-0.05, 0) is 39.1 Å². The third kappa shape index (κ3) is 3.81. The summed E-state index contributed by atoms with van der Waals surface area (Å²) in [6, 6.07) is 4.54. The lowest BCUT2D eigenvalue weighted by atomic mass is 10.0. The fourth-order valence-electron chi connectivity index (χ4n) is 2.54. The summed E-state index contributed by atoms with van der Waals surface area (Å²) in [4.78, 5) is 9.31. The Morgan fingerprint density at radius 1 is 1.37 bits per heavy atom. The van der Waals surface area contributed by atoms with Gasteiger partial charge in [-0.2, -0.15) is 0 Å². The smallest absolute Gasteiger partial charge is 0.126 e. The SMILES string of the molecule is CNc1ccc(Cl)c(CN2CCC(N(C)C)CC2)n1. The van der Waals surface area contributed by atoms with E-state index in [2.05, 4.69) is 34.2 Å². The molecule has 106 valence electrons. The van der Waals surface area contributed by atoms with Crippen LogP contribution in [0.1, 0.15) is 18.5 Å². The van der Waals surface area contributed by atoms with Crippen molar-refractivity contribution in [2.75, 3.05) is 39.5 Å². The second-order valence-electron chi connectivity index (χ2n) is 5.35. The van der Waals surface area contributed by atoms with Gasteiger partial charge >= 0.3 is 0 Å². The molecule has 0 aromatic carbocycles. The molecule has 0 saturated carbocycles. The van der Waals surface area contributed by atoms with Gasteiger partial charge in [-0.3, -0.25) is 4.90 Å². The van der Waals surface area contributed by atoms with Crippen molar-refractivity contribution in [1.82, 2.24) is 14.8 Å². The van der Waals surface area contributed by atoms with Crippen LogP contribution in [0, 0.1) is 0 Å². The van der Waals surface area contributed by atoms with Crippen molar-refractivity contribution in [2.24, 2.45) is 0 Å². The number of pyridine rings is 1. The normalized spacial score (nSPS) is 17.9. The first-order chi connectivity index (χ1) is 9.10. The number of piperidine rings is 1. The first-order valence-electron chi connectivity index (χ1n) is 6.82. The summed E-state index contributed by atoms with van der Waals surface area (Å²) in [7, 11) is 6.20. The number of halogens is 1. The van der Waals surface area contributed by atoms with Crippen LogP contribution in [0.25, 0.3) is 0 Å². The monoisotopic (exact) mass is 282 g/mol. The largest absolute Gasteiger partial charge is 0.373 e. The van der Waals surface area contributed by atoms with Gasteiger partial charge in [0.2, 0.25) is 0 Å². The maximum absolute atomic E-state index is 6.23. The summed E-state index contributed by atoms with van der Waals surface area (Å²) in [5.74, 6) is 0.877. The van der Waals surface area contributed by atoms with E-state index in [0.29, 0.717) is 6.04 Å². The van der Waals surface area contributed by atoms with E-state index in [1.807, 2.05) is 19.2 Å². The Morgan fingerprint density at radius 3 is 2.63 bits per heavy atom.